The first-order valence-corrected chi connectivity index (χ1v) is 6.99. The predicted octanol–water partition coefficient (Wildman–Crippen LogP) is 1.30. The summed E-state index contributed by atoms with van der Waals surface area (Å²) in [6.07, 6.45) is 0. The van der Waals surface area contributed by atoms with Gasteiger partial charge >= 0.3 is 6.01 Å². The minimum Gasteiger partial charge on any atom is -0.464 e. The number of aliphatic hydroxyl groups is 1. The second kappa shape index (κ2) is 7.23. The molecule has 0 aromatic carbocycles. The van der Waals surface area contributed by atoms with Crippen molar-refractivity contribution < 1.29 is 9.84 Å². The zero-order chi connectivity index (χ0) is 15.2. The summed E-state index contributed by atoms with van der Waals surface area (Å²) in [5, 5.41) is 13.0. The molecule has 0 radical (unpaired) electrons. The number of ether oxygens (including phenoxy) is 1. The van der Waals surface area contributed by atoms with E-state index in [9.17, 15) is 5.11 Å². The fourth-order valence-corrected chi connectivity index (χ4v) is 1.71. The van der Waals surface area contributed by atoms with E-state index in [4.69, 9.17) is 4.74 Å². The van der Waals surface area contributed by atoms with Gasteiger partial charge in [0.2, 0.25) is 11.9 Å². The monoisotopic (exact) mass is 283 g/mol. The highest BCUT2D eigenvalue weighted by Crippen LogP contribution is 2.17. The van der Waals surface area contributed by atoms with E-state index < -0.39 is 5.60 Å². The van der Waals surface area contributed by atoms with E-state index in [2.05, 4.69) is 20.3 Å². The molecule has 1 aromatic rings. The lowest BCUT2D eigenvalue weighted by Gasteiger charge is -2.28. The first kappa shape index (κ1) is 16.4. The maximum absolute atomic E-state index is 9.97. The Kier molecular flexibility index (Phi) is 5.94. The Morgan fingerprint density at radius 1 is 1.20 bits per heavy atom. The Hall–Kier alpha value is -1.63. The van der Waals surface area contributed by atoms with E-state index in [0.717, 1.165) is 0 Å². The molecule has 0 aliphatic carbocycles. The van der Waals surface area contributed by atoms with Crippen LogP contribution in [-0.4, -0.2) is 51.9 Å². The summed E-state index contributed by atoms with van der Waals surface area (Å²) < 4.78 is 5.37. The Labute approximate surface area is 120 Å². The minimum atomic E-state index is -0.827. The van der Waals surface area contributed by atoms with Gasteiger partial charge in [-0.15, -0.1) is 0 Å². The number of hydrogen-bond donors (Lipinski definition) is 2. The maximum atomic E-state index is 9.97. The number of nitrogens with zero attached hydrogens (tertiary/aromatic N) is 4. The Bertz CT molecular complexity index is 395. The lowest BCUT2D eigenvalue weighted by Crippen LogP contribution is -2.39. The van der Waals surface area contributed by atoms with E-state index >= 15 is 0 Å². The molecule has 7 nitrogen and oxygen atoms in total. The van der Waals surface area contributed by atoms with E-state index in [0.29, 0.717) is 44.1 Å². The van der Waals surface area contributed by atoms with Gasteiger partial charge in [0.1, 0.15) is 0 Å². The molecule has 2 N–H and O–H groups in total. The number of aromatic nitrogens is 3. The topological polar surface area (TPSA) is 83.4 Å². The van der Waals surface area contributed by atoms with E-state index in [1.54, 1.807) is 13.8 Å². The van der Waals surface area contributed by atoms with Crippen molar-refractivity contribution >= 4 is 11.9 Å². The smallest absolute Gasteiger partial charge is 0.323 e. The normalized spacial score (nSPS) is 11.3. The molecule has 0 atom stereocenters. The summed E-state index contributed by atoms with van der Waals surface area (Å²) in [5.74, 6) is 0.985. The van der Waals surface area contributed by atoms with Crippen LogP contribution in [0.25, 0.3) is 0 Å². The van der Waals surface area contributed by atoms with Gasteiger partial charge in [-0.3, -0.25) is 0 Å². The fourth-order valence-electron chi connectivity index (χ4n) is 1.71. The highest BCUT2D eigenvalue weighted by atomic mass is 16.5. The lowest BCUT2D eigenvalue weighted by atomic mass is 10.1. The van der Waals surface area contributed by atoms with Crippen LogP contribution in [0.4, 0.5) is 11.9 Å². The van der Waals surface area contributed by atoms with Gasteiger partial charge in [0.25, 0.3) is 0 Å². The second-order valence-electron chi connectivity index (χ2n) is 5.03. The number of hydrogen-bond acceptors (Lipinski definition) is 7. The highest BCUT2D eigenvalue weighted by molar-refractivity contribution is 5.38. The van der Waals surface area contributed by atoms with Gasteiger partial charge < -0.3 is 20.1 Å². The van der Waals surface area contributed by atoms with Gasteiger partial charge in [-0.05, 0) is 34.6 Å². The Balaban J connectivity index is 3.06. The van der Waals surface area contributed by atoms with Gasteiger partial charge in [-0.2, -0.15) is 15.0 Å². The zero-order valence-corrected chi connectivity index (χ0v) is 13.0. The van der Waals surface area contributed by atoms with E-state index in [1.165, 1.54) is 0 Å². The molecular weight excluding hydrogens is 258 g/mol. The van der Waals surface area contributed by atoms with Crippen molar-refractivity contribution in [2.75, 3.05) is 36.5 Å². The molecule has 1 aromatic heterocycles. The Morgan fingerprint density at radius 2 is 1.90 bits per heavy atom. The van der Waals surface area contributed by atoms with Crippen molar-refractivity contribution in [1.82, 2.24) is 15.0 Å². The summed E-state index contributed by atoms with van der Waals surface area (Å²) in [6, 6.07) is 0.294. The zero-order valence-electron chi connectivity index (χ0n) is 13.0. The lowest BCUT2D eigenvalue weighted by molar-refractivity contribution is 0.0871. The second-order valence-corrected chi connectivity index (χ2v) is 5.03. The van der Waals surface area contributed by atoms with Crippen molar-refractivity contribution in [3.63, 3.8) is 0 Å². The van der Waals surface area contributed by atoms with Crippen LogP contribution in [0.3, 0.4) is 0 Å². The van der Waals surface area contributed by atoms with Crippen LogP contribution in [0.5, 0.6) is 6.01 Å². The van der Waals surface area contributed by atoms with Crippen LogP contribution < -0.4 is 15.0 Å². The molecule has 0 amide bonds. The number of anilines is 2. The van der Waals surface area contributed by atoms with Crippen LogP contribution in [0.1, 0.15) is 34.6 Å². The molecule has 0 aliphatic rings. The van der Waals surface area contributed by atoms with Crippen molar-refractivity contribution in [1.29, 1.82) is 0 Å². The molecule has 0 saturated carbocycles. The number of rotatable bonds is 8. The molecule has 0 saturated heterocycles. The summed E-state index contributed by atoms with van der Waals surface area (Å²) >= 11 is 0. The molecule has 20 heavy (non-hydrogen) atoms. The van der Waals surface area contributed by atoms with Crippen LogP contribution in [0.2, 0.25) is 0 Å². The summed E-state index contributed by atoms with van der Waals surface area (Å²) in [6.45, 7) is 11.7. The van der Waals surface area contributed by atoms with Crippen molar-refractivity contribution in [2.45, 2.75) is 40.2 Å². The van der Waals surface area contributed by atoms with Gasteiger partial charge in [0.05, 0.1) is 12.2 Å². The molecule has 0 bridgehead atoms. The quantitative estimate of drug-likeness (QED) is 0.744. The van der Waals surface area contributed by atoms with Crippen LogP contribution in [0.15, 0.2) is 0 Å². The molecule has 0 fully saturated rings. The first-order valence-electron chi connectivity index (χ1n) is 6.99. The first-order chi connectivity index (χ1) is 9.39. The van der Waals surface area contributed by atoms with Crippen molar-refractivity contribution in [2.24, 2.45) is 0 Å². The average Bonchev–Trinajstić information content (AvgIpc) is 2.35. The SMILES string of the molecule is CCNc1nc(OCC)nc(N(CC)CC(C)(C)O)n1. The third-order valence-electron chi connectivity index (χ3n) is 2.45. The molecule has 7 heteroatoms. The van der Waals surface area contributed by atoms with Crippen LogP contribution in [-0.2, 0) is 0 Å². The average molecular weight is 283 g/mol. The standard InChI is InChI=1S/C13H25N5O2/c1-6-14-10-15-11(17-12(16-10)20-8-3)18(7-2)9-13(4,5)19/h19H,6-9H2,1-5H3,(H,14,15,16,17). The number of nitrogens with one attached hydrogen (secondary N) is 1. The summed E-state index contributed by atoms with van der Waals surface area (Å²) in [4.78, 5) is 14.7. The van der Waals surface area contributed by atoms with E-state index in [1.807, 2.05) is 25.7 Å². The van der Waals surface area contributed by atoms with Crippen LogP contribution in [0, 0.1) is 0 Å². The molecule has 0 unspecified atom stereocenters. The van der Waals surface area contributed by atoms with Gasteiger partial charge in [0.15, 0.2) is 0 Å². The van der Waals surface area contributed by atoms with Crippen molar-refractivity contribution in [3.05, 3.63) is 0 Å². The van der Waals surface area contributed by atoms with Gasteiger partial charge in [0, 0.05) is 19.6 Å². The summed E-state index contributed by atoms with van der Waals surface area (Å²) in [7, 11) is 0. The Morgan fingerprint density at radius 3 is 2.40 bits per heavy atom. The molecule has 1 rings (SSSR count). The summed E-state index contributed by atoms with van der Waals surface area (Å²) in [5.41, 5.74) is -0.827. The fraction of sp³-hybridized carbons (Fsp3) is 0.769. The number of likely N-dealkylation sites (N-methyl/N-ethyl adjacent to an activating group) is 1. The third kappa shape index (κ3) is 5.16. The predicted molar refractivity (Wildman–Crippen MR) is 79.3 cm³/mol. The molecule has 114 valence electrons. The van der Waals surface area contributed by atoms with Crippen LogP contribution >= 0.6 is 0 Å². The highest BCUT2D eigenvalue weighted by Gasteiger charge is 2.20. The molecular formula is C13H25N5O2. The third-order valence-corrected chi connectivity index (χ3v) is 2.45. The minimum absolute atomic E-state index is 0.294. The largest absolute Gasteiger partial charge is 0.464 e. The van der Waals surface area contributed by atoms with Gasteiger partial charge in [-0.1, -0.05) is 0 Å². The molecule has 0 spiro atoms. The molecule has 0 aliphatic heterocycles. The van der Waals surface area contributed by atoms with Gasteiger partial charge in [-0.25, -0.2) is 0 Å². The molecule has 1 heterocycles. The van der Waals surface area contributed by atoms with E-state index in [-0.39, 0.29) is 0 Å². The van der Waals surface area contributed by atoms with Crippen molar-refractivity contribution in [3.8, 4) is 6.01 Å². The maximum Gasteiger partial charge on any atom is 0.323 e.